The summed E-state index contributed by atoms with van der Waals surface area (Å²) in [7, 11) is 0. The molecule has 2 fully saturated rings. The first-order valence-corrected chi connectivity index (χ1v) is 10.6. The molecule has 2 N–H and O–H groups in total. The van der Waals surface area contributed by atoms with Crippen molar-refractivity contribution >= 4 is 29.9 Å². The molecule has 0 aromatic heterocycles. The highest BCUT2D eigenvalue weighted by atomic mass is 127. The number of halogens is 1. The maximum absolute atomic E-state index is 5.69. The maximum atomic E-state index is 5.69. The van der Waals surface area contributed by atoms with Gasteiger partial charge >= 0.3 is 0 Å². The zero-order valence-corrected chi connectivity index (χ0v) is 19.8. The van der Waals surface area contributed by atoms with Crippen LogP contribution in [0.5, 0.6) is 0 Å². The molecule has 28 heavy (non-hydrogen) atoms. The Morgan fingerprint density at radius 3 is 2.61 bits per heavy atom. The van der Waals surface area contributed by atoms with Crippen molar-refractivity contribution in [3.05, 3.63) is 35.4 Å². The van der Waals surface area contributed by atoms with E-state index in [0.717, 1.165) is 70.7 Å². The second kappa shape index (κ2) is 12.6. The molecule has 1 aromatic rings. The van der Waals surface area contributed by atoms with Gasteiger partial charge in [0.05, 0.1) is 13.2 Å². The van der Waals surface area contributed by atoms with E-state index in [0.29, 0.717) is 6.04 Å². The number of rotatable bonds is 9. The minimum Gasteiger partial charge on any atom is -0.379 e. The van der Waals surface area contributed by atoms with E-state index in [4.69, 9.17) is 4.74 Å². The molecular formula is C22H37IN4O. The minimum absolute atomic E-state index is 0. The molecule has 0 spiro atoms. The largest absolute Gasteiger partial charge is 0.379 e. The van der Waals surface area contributed by atoms with Gasteiger partial charge in [-0.05, 0) is 56.6 Å². The lowest BCUT2D eigenvalue weighted by Crippen LogP contribution is -2.48. The third kappa shape index (κ3) is 8.25. The van der Waals surface area contributed by atoms with Gasteiger partial charge < -0.3 is 15.4 Å². The number of nitrogens with one attached hydrogen (secondary N) is 2. The molecule has 6 heteroatoms. The van der Waals surface area contributed by atoms with E-state index in [2.05, 4.69) is 58.6 Å². The third-order valence-electron chi connectivity index (χ3n) is 5.48. The van der Waals surface area contributed by atoms with Gasteiger partial charge in [-0.25, -0.2) is 0 Å². The van der Waals surface area contributed by atoms with Gasteiger partial charge in [0.2, 0.25) is 0 Å². The Labute approximate surface area is 187 Å². The molecule has 2 aliphatic rings. The SMILES string of the molecule is CCNC(=NCCOCC1CC1)NC1CCN(Cc2ccccc2C)CC1.I. The molecule has 5 nitrogen and oxygen atoms in total. The number of piperidine rings is 1. The Hall–Kier alpha value is -0.860. The topological polar surface area (TPSA) is 48.9 Å². The number of aryl methyl sites for hydroxylation is 1. The number of hydrogen-bond acceptors (Lipinski definition) is 3. The molecule has 158 valence electrons. The lowest BCUT2D eigenvalue weighted by Gasteiger charge is -2.33. The quantitative estimate of drug-likeness (QED) is 0.236. The highest BCUT2D eigenvalue weighted by molar-refractivity contribution is 14.0. The van der Waals surface area contributed by atoms with Gasteiger partial charge in [0.1, 0.15) is 0 Å². The number of likely N-dealkylation sites (tertiary alicyclic amines) is 1. The molecule has 1 saturated carbocycles. The standard InChI is InChI=1S/C22H36N4O.HI/c1-3-23-22(24-12-15-27-17-19-8-9-19)25-21-10-13-26(14-11-21)16-20-7-5-4-6-18(20)2;/h4-7,19,21H,3,8-17H2,1-2H3,(H2,23,24,25);1H. The Morgan fingerprint density at radius 2 is 1.93 bits per heavy atom. The number of guanidine groups is 1. The second-order valence-corrected chi connectivity index (χ2v) is 7.90. The van der Waals surface area contributed by atoms with Crippen LogP contribution in [-0.4, -0.2) is 56.3 Å². The first-order valence-electron chi connectivity index (χ1n) is 10.6. The summed E-state index contributed by atoms with van der Waals surface area (Å²) < 4.78 is 5.69. The molecule has 0 amide bonds. The number of aliphatic imine (C=N–C) groups is 1. The van der Waals surface area contributed by atoms with Crippen molar-refractivity contribution < 1.29 is 4.74 Å². The summed E-state index contributed by atoms with van der Waals surface area (Å²) >= 11 is 0. The van der Waals surface area contributed by atoms with Crippen LogP contribution in [0.2, 0.25) is 0 Å². The number of hydrogen-bond donors (Lipinski definition) is 2. The molecule has 0 atom stereocenters. The van der Waals surface area contributed by atoms with Crippen molar-refractivity contribution in [2.45, 2.75) is 52.1 Å². The van der Waals surface area contributed by atoms with E-state index in [1.807, 2.05) is 0 Å². The van der Waals surface area contributed by atoms with E-state index in [-0.39, 0.29) is 24.0 Å². The van der Waals surface area contributed by atoms with Crippen molar-refractivity contribution in [3.8, 4) is 0 Å². The highest BCUT2D eigenvalue weighted by Crippen LogP contribution is 2.28. The van der Waals surface area contributed by atoms with Crippen LogP contribution in [0, 0.1) is 12.8 Å². The zero-order chi connectivity index (χ0) is 18.9. The summed E-state index contributed by atoms with van der Waals surface area (Å²) in [5, 5.41) is 6.99. The first-order chi connectivity index (χ1) is 13.2. The molecular weight excluding hydrogens is 463 g/mol. The van der Waals surface area contributed by atoms with E-state index in [1.165, 1.54) is 24.0 Å². The van der Waals surface area contributed by atoms with Crippen LogP contribution in [0.25, 0.3) is 0 Å². The van der Waals surface area contributed by atoms with Crippen molar-refractivity contribution in [3.63, 3.8) is 0 Å². The molecule has 3 rings (SSSR count). The highest BCUT2D eigenvalue weighted by Gasteiger charge is 2.21. The van der Waals surface area contributed by atoms with Gasteiger partial charge in [-0.2, -0.15) is 0 Å². The number of ether oxygens (including phenoxy) is 1. The first kappa shape index (κ1) is 23.4. The summed E-state index contributed by atoms with van der Waals surface area (Å²) in [6.07, 6.45) is 5.01. The monoisotopic (exact) mass is 500 g/mol. The summed E-state index contributed by atoms with van der Waals surface area (Å²) in [5.74, 6) is 1.76. The number of nitrogens with zero attached hydrogens (tertiary/aromatic N) is 2. The molecule has 1 aliphatic carbocycles. The van der Waals surface area contributed by atoms with Crippen LogP contribution in [0.4, 0.5) is 0 Å². The van der Waals surface area contributed by atoms with Crippen LogP contribution in [0.1, 0.15) is 43.7 Å². The lowest BCUT2D eigenvalue weighted by molar-refractivity contribution is 0.131. The van der Waals surface area contributed by atoms with Gasteiger partial charge in [0.15, 0.2) is 5.96 Å². The summed E-state index contributed by atoms with van der Waals surface area (Å²) in [4.78, 5) is 7.24. The fourth-order valence-electron chi connectivity index (χ4n) is 3.53. The lowest BCUT2D eigenvalue weighted by atomic mass is 10.0. The fraction of sp³-hybridized carbons (Fsp3) is 0.682. The Kier molecular flexibility index (Phi) is 10.6. The minimum atomic E-state index is 0. The van der Waals surface area contributed by atoms with Gasteiger partial charge in [0, 0.05) is 38.8 Å². The Balaban J connectivity index is 0.00000280. The van der Waals surface area contributed by atoms with E-state index in [1.54, 1.807) is 0 Å². The van der Waals surface area contributed by atoms with Crippen LogP contribution >= 0.6 is 24.0 Å². The fourth-order valence-corrected chi connectivity index (χ4v) is 3.53. The van der Waals surface area contributed by atoms with Crippen LogP contribution in [0.3, 0.4) is 0 Å². The van der Waals surface area contributed by atoms with Gasteiger partial charge in [-0.3, -0.25) is 9.89 Å². The summed E-state index contributed by atoms with van der Waals surface area (Å²) in [5.41, 5.74) is 2.84. The molecule has 1 saturated heterocycles. The number of benzene rings is 1. The molecule has 1 heterocycles. The van der Waals surface area contributed by atoms with Crippen molar-refractivity contribution in [1.82, 2.24) is 15.5 Å². The van der Waals surface area contributed by atoms with Gasteiger partial charge in [0.25, 0.3) is 0 Å². The van der Waals surface area contributed by atoms with Crippen LogP contribution in [0.15, 0.2) is 29.3 Å². The summed E-state index contributed by atoms with van der Waals surface area (Å²) in [6, 6.07) is 9.22. The summed E-state index contributed by atoms with van der Waals surface area (Å²) in [6.45, 7) is 10.9. The van der Waals surface area contributed by atoms with Crippen molar-refractivity contribution in [2.24, 2.45) is 10.9 Å². The van der Waals surface area contributed by atoms with E-state index < -0.39 is 0 Å². The Bertz CT molecular complexity index is 598. The average Bonchev–Trinajstić information content (AvgIpc) is 3.49. The molecule has 0 radical (unpaired) electrons. The smallest absolute Gasteiger partial charge is 0.191 e. The Morgan fingerprint density at radius 1 is 1.18 bits per heavy atom. The van der Waals surface area contributed by atoms with Crippen LogP contribution < -0.4 is 10.6 Å². The predicted octanol–water partition coefficient (Wildman–Crippen LogP) is 3.56. The zero-order valence-electron chi connectivity index (χ0n) is 17.5. The third-order valence-corrected chi connectivity index (χ3v) is 5.48. The van der Waals surface area contributed by atoms with E-state index in [9.17, 15) is 0 Å². The van der Waals surface area contributed by atoms with Crippen LogP contribution in [-0.2, 0) is 11.3 Å². The van der Waals surface area contributed by atoms with Crippen molar-refractivity contribution in [2.75, 3.05) is 39.4 Å². The van der Waals surface area contributed by atoms with Gasteiger partial charge in [-0.15, -0.1) is 24.0 Å². The normalized spacial score (nSPS) is 18.6. The van der Waals surface area contributed by atoms with Crippen molar-refractivity contribution in [1.29, 1.82) is 0 Å². The predicted molar refractivity (Wildman–Crippen MR) is 128 cm³/mol. The second-order valence-electron chi connectivity index (χ2n) is 7.90. The molecule has 0 unspecified atom stereocenters. The molecule has 1 aliphatic heterocycles. The molecule has 1 aromatic carbocycles. The van der Waals surface area contributed by atoms with Gasteiger partial charge in [-0.1, -0.05) is 24.3 Å². The molecule has 0 bridgehead atoms. The average molecular weight is 500 g/mol. The maximum Gasteiger partial charge on any atom is 0.191 e. The van der Waals surface area contributed by atoms with E-state index >= 15 is 0 Å².